The molecular formula is C13H16FN3O3. The largest absolute Gasteiger partial charge is 0.377 e. The maximum atomic E-state index is 13.0. The van der Waals surface area contributed by atoms with Gasteiger partial charge in [0.2, 0.25) is 5.91 Å². The van der Waals surface area contributed by atoms with Gasteiger partial charge in [-0.25, -0.2) is 4.39 Å². The predicted molar refractivity (Wildman–Crippen MR) is 71.6 cm³/mol. The van der Waals surface area contributed by atoms with Gasteiger partial charge >= 0.3 is 0 Å². The fourth-order valence-corrected chi connectivity index (χ4v) is 2.52. The predicted octanol–water partition coefficient (Wildman–Crippen LogP) is 2.19. The minimum Gasteiger partial charge on any atom is -0.377 e. The monoisotopic (exact) mass is 281 g/mol. The van der Waals surface area contributed by atoms with Gasteiger partial charge in [-0.1, -0.05) is 0 Å². The number of carbonyl (C=O) groups excluding carboxylic acids is 1. The Morgan fingerprint density at radius 3 is 2.55 bits per heavy atom. The molecule has 0 aromatic heterocycles. The van der Waals surface area contributed by atoms with E-state index in [-0.39, 0.29) is 23.6 Å². The molecule has 1 aromatic rings. The highest BCUT2D eigenvalue weighted by Gasteiger charge is 2.26. The summed E-state index contributed by atoms with van der Waals surface area (Å²) in [7, 11) is 0. The molecule has 0 saturated heterocycles. The highest BCUT2D eigenvalue weighted by atomic mass is 19.1. The molecule has 1 aliphatic carbocycles. The average molecular weight is 281 g/mol. The van der Waals surface area contributed by atoms with Crippen molar-refractivity contribution in [3.63, 3.8) is 0 Å². The second-order valence-corrected chi connectivity index (χ2v) is 5.01. The molecule has 0 atom stereocenters. The zero-order valence-corrected chi connectivity index (χ0v) is 10.8. The molecule has 2 rings (SSSR count). The van der Waals surface area contributed by atoms with Crippen LogP contribution in [0, 0.1) is 21.8 Å². The standard InChI is InChI=1S/C13H16FN3O3/c14-9-3-6-11(12(7-9)17(19)20)16-10-4-1-8(2-5-10)13(15)18/h3,6-8,10,16H,1-2,4-5H2,(H2,15,18). The maximum Gasteiger partial charge on any atom is 0.295 e. The number of benzene rings is 1. The van der Waals surface area contributed by atoms with E-state index >= 15 is 0 Å². The third kappa shape index (κ3) is 3.23. The SMILES string of the molecule is NC(=O)C1CCC(Nc2ccc(F)cc2[N+](=O)[O-])CC1. The Morgan fingerprint density at radius 1 is 1.35 bits per heavy atom. The third-order valence-corrected chi connectivity index (χ3v) is 3.65. The Morgan fingerprint density at radius 2 is 2.00 bits per heavy atom. The van der Waals surface area contributed by atoms with Gasteiger partial charge in [0.15, 0.2) is 0 Å². The van der Waals surface area contributed by atoms with Gasteiger partial charge < -0.3 is 11.1 Å². The van der Waals surface area contributed by atoms with Crippen molar-refractivity contribution < 1.29 is 14.1 Å². The molecule has 0 unspecified atom stereocenters. The molecule has 20 heavy (non-hydrogen) atoms. The van der Waals surface area contributed by atoms with Crippen molar-refractivity contribution in [2.24, 2.45) is 11.7 Å². The normalized spacial score (nSPS) is 22.2. The Labute approximate surface area is 115 Å². The number of rotatable bonds is 4. The first-order valence-electron chi connectivity index (χ1n) is 6.47. The van der Waals surface area contributed by atoms with E-state index in [1.165, 1.54) is 12.1 Å². The molecule has 1 saturated carbocycles. The number of primary amides is 1. The summed E-state index contributed by atoms with van der Waals surface area (Å²) in [4.78, 5) is 21.4. The van der Waals surface area contributed by atoms with Crippen LogP contribution in [-0.2, 0) is 4.79 Å². The van der Waals surface area contributed by atoms with Crippen LogP contribution in [0.1, 0.15) is 25.7 Å². The van der Waals surface area contributed by atoms with Gasteiger partial charge in [0, 0.05) is 12.0 Å². The van der Waals surface area contributed by atoms with E-state index in [1.54, 1.807) is 0 Å². The van der Waals surface area contributed by atoms with Crippen LogP contribution in [0.25, 0.3) is 0 Å². The summed E-state index contributed by atoms with van der Waals surface area (Å²) >= 11 is 0. The Balaban J connectivity index is 2.04. The number of nitrogens with two attached hydrogens (primary N) is 1. The van der Waals surface area contributed by atoms with Crippen molar-refractivity contribution >= 4 is 17.3 Å². The molecule has 1 aromatic carbocycles. The Kier molecular flexibility index (Phi) is 4.16. The van der Waals surface area contributed by atoms with Crippen LogP contribution in [-0.4, -0.2) is 16.9 Å². The molecule has 3 N–H and O–H groups in total. The molecule has 1 aliphatic rings. The Bertz CT molecular complexity index is 528. The fraction of sp³-hybridized carbons (Fsp3) is 0.462. The van der Waals surface area contributed by atoms with Crippen LogP contribution in [0.2, 0.25) is 0 Å². The van der Waals surface area contributed by atoms with E-state index in [0.29, 0.717) is 31.4 Å². The zero-order chi connectivity index (χ0) is 14.7. The summed E-state index contributed by atoms with van der Waals surface area (Å²) in [6, 6.07) is 3.49. The van der Waals surface area contributed by atoms with Crippen molar-refractivity contribution in [2.45, 2.75) is 31.7 Å². The highest BCUT2D eigenvalue weighted by Crippen LogP contribution is 2.30. The van der Waals surface area contributed by atoms with Gasteiger partial charge in [-0.2, -0.15) is 0 Å². The fourth-order valence-electron chi connectivity index (χ4n) is 2.52. The minimum atomic E-state index is -0.639. The number of nitro benzene ring substituents is 1. The van der Waals surface area contributed by atoms with E-state index in [0.717, 1.165) is 6.07 Å². The summed E-state index contributed by atoms with van der Waals surface area (Å²) < 4.78 is 13.0. The molecule has 0 spiro atoms. The van der Waals surface area contributed by atoms with Gasteiger partial charge in [-0.15, -0.1) is 0 Å². The van der Waals surface area contributed by atoms with E-state index in [2.05, 4.69) is 5.32 Å². The number of halogens is 1. The number of anilines is 1. The van der Waals surface area contributed by atoms with Crippen LogP contribution < -0.4 is 11.1 Å². The van der Waals surface area contributed by atoms with Gasteiger partial charge in [0.25, 0.3) is 5.69 Å². The molecular weight excluding hydrogens is 265 g/mol. The summed E-state index contributed by atoms with van der Waals surface area (Å²) in [5, 5.41) is 14.0. The molecule has 0 bridgehead atoms. The van der Waals surface area contributed by atoms with Crippen LogP contribution in [0.15, 0.2) is 18.2 Å². The second-order valence-electron chi connectivity index (χ2n) is 5.01. The van der Waals surface area contributed by atoms with Crippen molar-refractivity contribution in [1.82, 2.24) is 0 Å². The molecule has 0 aliphatic heterocycles. The molecule has 1 amide bonds. The minimum absolute atomic E-state index is 0.0368. The summed E-state index contributed by atoms with van der Waals surface area (Å²) in [5.74, 6) is -1.05. The van der Waals surface area contributed by atoms with E-state index in [1.807, 2.05) is 0 Å². The molecule has 6 nitrogen and oxygen atoms in total. The van der Waals surface area contributed by atoms with E-state index in [9.17, 15) is 19.3 Å². The van der Waals surface area contributed by atoms with Gasteiger partial charge in [0.1, 0.15) is 11.5 Å². The van der Waals surface area contributed by atoms with Crippen molar-refractivity contribution in [3.05, 3.63) is 34.1 Å². The number of nitro groups is 1. The molecule has 1 fully saturated rings. The van der Waals surface area contributed by atoms with Crippen molar-refractivity contribution in [1.29, 1.82) is 0 Å². The number of hydrogen-bond acceptors (Lipinski definition) is 4. The number of amides is 1. The Hall–Kier alpha value is -2.18. The average Bonchev–Trinajstić information content (AvgIpc) is 2.41. The molecule has 7 heteroatoms. The number of hydrogen-bond donors (Lipinski definition) is 2. The number of carbonyl (C=O) groups is 1. The van der Waals surface area contributed by atoms with Crippen LogP contribution in [0.3, 0.4) is 0 Å². The molecule has 0 radical (unpaired) electrons. The topological polar surface area (TPSA) is 98.3 Å². The number of nitrogens with zero attached hydrogens (tertiary/aromatic N) is 1. The van der Waals surface area contributed by atoms with Crippen molar-refractivity contribution in [2.75, 3.05) is 5.32 Å². The lowest BCUT2D eigenvalue weighted by molar-refractivity contribution is -0.384. The van der Waals surface area contributed by atoms with Crippen molar-refractivity contribution in [3.8, 4) is 0 Å². The zero-order valence-electron chi connectivity index (χ0n) is 10.8. The lowest BCUT2D eigenvalue weighted by Crippen LogP contribution is -2.32. The lowest BCUT2D eigenvalue weighted by Gasteiger charge is -2.27. The molecule has 0 heterocycles. The third-order valence-electron chi connectivity index (χ3n) is 3.65. The smallest absolute Gasteiger partial charge is 0.295 e. The molecule has 108 valence electrons. The first kappa shape index (κ1) is 14.2. The van der Waals surface area contributed by atoms with E-state index in [4.69, 9.17) is 5.73 Å². The van der Waals surface area contributed by atoms with Gasteiger partial charge in [-0.05, 0) is 37.8 Å². The van der Waals surface area contributed by atoms with Gasteiger partial charge in [-0.3, -0.25) is 14.9 Å². The van der Waals surface area contributed by atoms with Crippen LogP contribution >= 0.6 is 0 Å². The summed E-state index contributed by atoms with van der Waals surface area (Å²) in [5.41, 5.74) is 5.28. The van der Waals surface area contributed by atoms with Gasteiger partial charge in [0.05, 0.1) is 11.0 Å². The quantitative estimate of drug-likeness (QED) is 0.652. The van der Waals surface area contributed by atoms with Crippen LogP contribution in [0.5, 0.6) is 0 Å². The first-order valence-corrected chi connectivity index (χ1v) is 6.47. The second kappa shape index (κ2) is 5.85. The number of nitrogens with one attached hydrogen (secondary N) is 1. The lowest BCUT2D eigenvalue weighted by atomic mass is 9.85. The highest BCUT2D eigenvalue weighted by molar-refractivity contribution is 5.76. The summed E-state index contributed by atoms with van der Waals surface area (Å²) in [6.45, 7) is 0. The van der Waals surface area contributed by atoms with Crippen LogP contribution in [0.4, 0.5) is 15.8 Å². The maximum absolute atomic E-state index is 13.0. The first-order chi connectivity index (χ1) is 9.47. The summed E-state index contributed by atoms with van der Waals surface area (Å²) in [6.07, 6.45) is 2.76. The van der Waals surface area contributed by atoms with E-state index < -0.39 is 10.7 Å².